The Bertz CT molecular complexity index is 306. The second kappa shape index (κ2) is 5.47. The smallest absolute Gasteiger partial charge is 0.185 e. The van der Waals surface area contributed by atoms with E-state index in [9.17, 15) is 5.11 Å². The molecular formula is C11H20N2OS. The first-order valence-corrected chi connectivity index (χ1v) is 6.31. The van der Waals surface area contributed by atoms with Crippen LogP contribution in [0.5, 0.6) is 0 Å². The van der Waals surface area contributed by atoms with Crippen LogP contribution in [0.4, 0.5) is 5.13 Å². The fraction of sp³-hybridized carbons (Fsp3) is 0.727. The predicted molar refractivity (Wildman–Crippen MR) is 65.7 cm³/mol. The van der Waals surface area contributed by atoms with Gasteiger partial charge in [0, 0.05) is 13.1 Å². The summed E-state index contributed by atoms with van der Waals surface area (Å²) in [6, 6.07) is 0. The molecule has 0 saturated carbocycles. The summed E-state index contributed by atoms with van der Waals surface area (Å²) in [6.07, 6.45) is 0. The van der Waals surface area contributed by atoms with E-state index in [0.29, 0.717) is 5.92 Å². The second-order valence-electron chi connectivity index (χ2n) is 3.79. The van der Waals surface area contributed by atoms with Gasteiger partial charge in [-0.1, -0.05) is 25.2 Å². The lowest BCUT2D eigenvalue weighted by Gasteiger charge is -2.16. The van der Waals surface area contributed by atoms with Gasteiger partial charge in [0.2, 0.25) is 0 Å². The average Bonchev–Trinajstić information content (AvgIpc) is 2.64. The Kier molecular flexibility index (Phi) is 4.54. The van der Waals surface area contributed by atoms with E-state index in [1.807, 2.05) is 0 Å². The van der Waals surface area contributed by atoms with Crippen molar-refractivity contribution < 1.29 is 5.11 Å². The Morgan fingerprint density at radius 1 is 1.33 bits per heavy atom. The molecule has 0 aliphatic carbocycles. The molecule has 0 unspecified atom stereocenters. The van der Waals surface area contributed by atoms with Gasteiger partial charge >= 0.3 is 0 Å². The van der Waals surface area contributed by atoms with E-state index in [-0.39, 0.29) is 6.61 Å². The zero-order valence-corrected chi connectivity index (χ0v) is 10.8. The van der Waals surface area contributed by atoms with Gasteiger partial charge in [0.25, 0.3) is 0 Å². The normalized spacial score (nSPS) is 11.1. The molecule has 3 nitrogen and oxygen atoms in total. The quantitative estimate of drug-likeness (QED) is 0.841. The Morgan fingerprint density at radius 3 is 2.27 bits per heavy atom. The molecule has 0 radical (unpaired) electrons. The third-order valence-electron chi connectivity index (χ3n) is 2.44. The first kappa shape index (κ1) is 12.5. The van der Waals surface area contributed by atoms with Gasteiger partial charge in [-0.3, -0.25) is 0 Å². The van der Waals surface area contributed by atoms with Crippen LogP contribution in [0, 0.1) is 0 Å². The third-order valence-corrected chi connectivity index (χ3v) is 3.56. The molecule has 1 aromatic rings. The third kappa shape index (κ3) is 2.69. The molecule has 4 heteroatoms. The lowest BCUT2D eigenvalue weighted by molar-refractivity contribution is 0.283. The minimum absolute atomic E-state index is 0.104. The standard InChI is InChI=1S/C11H20N2OS/c1-5-13(6-2)11-12-10(8(3)4)9(7-14)15-11/h8,14H,5-7H2,1-4H3. The van der Waals surface area contributed by atoms with Gasteiger partial charge in [-0.05, 0) is 19.8 Å². The van der Waals surface area contributed by atoms with Crippen molar-refractivity contribution in [3.63, 3.8) is 0 Å². The molecule has 0 amide bonds. The first-order chi connectivity index (χ1) is 7.13. The number of aliphatic hydroxyl groups excluding tert-OH is 1. The van der Waals surface area contributed by atoms with E-state index in [1.54, 1.807) is 11.3 Å². The average molecular weight is 228 g/mol. The molecule has 0 aliphatic heterocycles. The minimum Gasteiger partial charge on any atom is -0.391 e. The number of thiazole rings is 1. The lowest BCUT2D eigenvalue weighted by Crippen LogP contribution is -2.21. The summed E-state index contributed by atoms with van der Waals surface area (Å²) in [4.78, 5) is 7.83. The molecule has 0 spiro atoms. The highest BCUT2D eigenvalue weighted by Gasteiger charge is 2.15. The van der Waals surface area contributed by atoms with Crippen LogP contribution in [0.1, 0.15) is 44.2 Å². The lowest BCUT2D eigenvalue weighted by atomic mass is 10.1. The fourth-order valence-corrected chi connectivity index (χ4v) is 2.75. The maximum atomic E-state index is 9.26. The van der Waals surface area contributed by atoms with E-state index in [2.05, 4.69) is 37.6 Å². The van der Waals surface area contributed by atoms with E-state index in [0.717, 1.165) is 28.8 Å². The maximum Gasteiger partial charge on any atom is 0.185 e. The van der Waals surface area contributed by atoms with Crippen LogP contribution in [-0.2, 0) is 6.61 Å². The highest BCUT2D eigenvalue weighted by Crippen LogP contribution is 2.30. The summed E-state index contributed by atoms with van der Waals surface area (Å²) in [5.41, 5.74) is 1.05. The molecule has 86 valence electrons. The number of aliphatic hydroxyl groups is 1. The molecule has 1 rings (SSSR count). The number of nitrogens with zero attached hydrogens (tertiary/aromatic N) is 2. The zero-order chi connectivity index (χ0) is 11.4. The van der Waals surface area contributed by atoms with Crippen LogP contribution >= 0.6 is 11.3 Å². The van der Waals surface area contributed by atoms with E-state index in [4.69, 9.17) is 0 Å². The van der Waals surface area contributed by atoms with Gasteiger partial charge in [-0.15, -0.1) is 0 Å². The summed E-state index contributed by atoms with van der Waals surface area (Å²) in [6.45, 7) is 10.5. The van der Waals surface area contributed by atoms with Crippen LogP contribution in [0.3, 0.4) is 0 Å². The van der Waals surface area contributed by atoms with Crippen molar-refractivity contribution in [1.82, 2.24) is 4.98 Å². The highest BCUT2D eigenvalue weighted by molar-refractivity contribution is 7.15. The second-order valence-corrected chi connectivity index (χ2v) is 4.85. The zero-order valence-electron chi connectivity index (χ0n) is 9.95. The van der Waals surface area contributed by atoms with Crippen molar-refractivity contribution in [3.8, 4) is 0 Å². The van der Waals surface area contributed by atoms with Gasteiger partial charge in [-0.2, -0.15) is 0 Å². The number of hydrogen-bond acceptors (Lipinski definition) is 4. The van der Waals surface area contributed by atoms with Crippen LogP contribution < -0.4 is 4.90 Å². The Labute approximate surface area is 95.8 Å². The molecule has 0 aromatic carbocycles. The van der Waals surface area contributed by atoms with Crippen LogP contribution in [0.15, 0.2) is 0 Å². The van der Waals surface area contributed by atoms with E-state index < -0.39 is 0 Å². The number of anilines is 1. The molecule has 0 bridgehead atoms. The maximum absolute atomic E-state index is 9.26. The molecule has 0 fully saturated rings. The van der Waals surface area contributed by atoms with Crippen molar-refractivity contribution >= 4 is 16.5 Å². The molecule has 1 N–H and O–H groups in total. The SMILES string of the molecule is CCN(CC)c1nc(C(C)C)c(CO)s1. The van der Waals surface area contributed by atoms with E-state index in [1.165, 1.54) is 0 Å². The van der Waals surface area contributed by atoms with Crippen LogP contribution in [0.25, 0.3) is 0 Å². The molecule has 1 heterocycles. The van der Waals surface area contributed by atoms with Crippen molar-refractivity contribution in [2.45, 2.75) is 40.2 Å². The van der Waals surface area contributed by atoms with Gasteiger partial charge in [0.15, 0.2) is 5.13 Å². The fourth-order valence-electron chi connectivity index (χ4n) is 1.54. The van der Waals surface area contributed by atoms with E-state index >= 15 is 0 Å². The van der Waals surface area contributed by atoms with Crippen molar-refractivity contribution in [1.29, 1.82) is 0 Å². The molecule has 1 aromatic heterocycles. The molecule has 0 saturated heterocycles. The largest absolute Gasteiger partial charge is 0.391 e. The van der Waals surface area contributed by atoms with Crippen molar-refractivity contribution in [2.24, 2.45) is 0 Å². The molecule has 0 atom stereocenters. The molecule has 0 aliphatic rings. The van der Waals surface area contributed by atoms with Crippen LogP contribution in [0.2, 0.25) is 0 Å². The first-order valence-electron chi connectivity index (χ1n) is 5.49. The summed E-state index contributed by atoms with van der Waals surface area (Å²) >= 11 is 1.61. The van der Waals surface area contributed by atoms with Gasteiger partial charge in [0.05, 0.1) is 17.2 Å². The number of hydrogen-bond donors (Lipinski definition) is 1. The molecular weight excluding hydrogens is 208 g/mol. The van der Waals surface area contributed by atoms with Crippen molar-refractivity contribution in [2.75, 3.05) is 18.0 Å². The molecule has 15 heavy (non-hydrogen) atoms. The number of aromatic nitrogens is 1. The summed E-state index contributed by atoms with van der Waals surface area (Å²) in [5.74, 6) is 0.382. The highest BCUT2D eigenvalue weighted by atomic mass is 32.1. The summed E-state index contributed by atoms with van der Waals surface area (Å²) in [5, 5.41) is 10.3. The van der Waals surface area contributed by atoms with Gasteiger partial charge in [-0.25, -0.2) is 4.98 Å². The topological polar surface area (TPSA) is 36.4 Å². The number of rotatable bonds is 5. The van der Waals surface area contributed by atoms with Gasteiger partial charge in [0.1, 0.15) is 0 Å². The minimum atomic E-state index is 0.104. The summed E-state index contributed by atoms with van der Waals surface area (Å²) in [7, 11) is 0. The van der Waals surface area contributed by atoms with Crippen LogP contribution in [-0.4, -0.2) is 23.2 Å². The summed E-state index contributed by atoms with van der Waals surface area (Å²) < 4.78 is 0. The Balaban J connectivity index is 3.01. The Morgan fingerprint density at radius 2 is 1.93 bits per heavy atom. The van der Waals surface area contributed by atoms with Crippen molar-refractivity contribution in [3.05, 3.63) is 10.6 Å². The Hall–Kier alpha value is -0.610. The van der Waals surface area contributed by atoms with Gasteiger partial charge < -0.3 is 10.0 Å². The predicted octanol–water partition coefficient (Wildman–Crippen LogP) is 2.61. The monoisotopic (exact) mass is 228 g/mol.